The Morgan fingerprint density at radius 2 is 1.00 bits per heavy atom. The topological polar surface area (TPSA) is 114 Å². The van der Waals surface area contributed by atoms with Gasteiger partial charge in [0.05, 0.1) is 33.8 Å². The van der Waals surface area contributed by atoms with Crippen molar-refractivity contribution in [3.05, 3.63) is 85.1 Å². The number of likely N-dealkylation sites (N-methyl/N-ethyl adjacent to an activating group) is 1. The van der Waals surface area contributed by atoms with Crippen molar-refractivity contribution < 1.29 is 37.3 Å². The standard InChI is InChI=1S/C56H99N2O7P/c1-7-10-13-16-19-22-25-27-28-29-30-31-34-37-40-43-46-49-56(60)65-54(47-44-41-38-35-33-26-23-20-17-14-11-8-2)53(52-64-66(61,62)63-51-50-58(4,5)6)57-55(59)48-45-42-39-36-32-24-21-18-15-12-9-3/h10,13,18-19,21-22,27-28,30-31,37,40,44,47,53-54H,7-9,11-12,14-17,20,23-26,29,32-36,38-39,41-43,45-46,48-52H2,1-6H3,(H-,57,59,61,62)/b13-10-,21-18-,22-19-,28-27-,31-30-,40-37-,47-44-. The van der Waals surface area contributed by atoms with E-state index in [4.69, 9.17) is 13.8 Å². The Balaban J connectivity index is 5.52. The largest absolute Gasteiger partial charge is 0.756 e. The lowest BCUT2D eigenvalue weighted by Gasteiger charge is -2.30. The summed E-state index contributed by atoms with van der Waals surface area (Å²) in [5, 5.41) is 2.98. The second-order valence-corrected chi connectivity index (χ2v) is 20.0. The van der Waals surface area contributed by atoms with E-state index < -0.39 is 32.5 Å². The molecule has 0 radical (unpaired) electrons. The monoisotopic (exact) mass is 943 g/mol. The fourth-order valence-electron chi connectivity index (χ4n) is 6.95. The first-order chi connectivity index (χ1) is 31.9. The van der Waals surface area contributed by atoms with Crippen molar-refractivity contribution in [3.8, 4) is 0 Å². The van der Waals surface area contributed by atoms with Gasteiger partial charge in [0, 0.05) is 12.8 Å². The van der Waals surface area contributed by atoms with E-state index in [1.54, 1.807) is 6.08 Å². The van der Waals surface area contributed by atoms with Crippen LogP contribution in [0.3, 0.4) is 0 Å². The third-order valence-electron chi connectivity index (χ3n) is 11.1. The number of quaternary nitrogens is 1. The summed E-state index contributed by atoms with van der Waals surface area (Å²) in [6.07, 6.45) is 58.4. The van der Waals surface area contributed by atoms with Crippen molar-refractivity contribution in [2.24, 2.45) is 0 Å². The average molecular weight is 943 g/mol. The molecule has 10 heteroatoms. The lowest BCUT2D eigenvalue weighted by atomic mass is 10.0. The molecule has 0 aliphatic heterocycles. The number of carbonyl (C=O) groups excluding carboxylic acids is 2. The molecule has 380 valence electrons. The Kier molecular flexibility index (Phi) is 44.0. The van der Waals surface area contributed by atoms with Crippen LogP contribution in [-0.2, 0) is 27.9 Å². The van der Waals surface area contributed by atoms with E-state index in [1.807, 2.05) is 27.2 Å². The molecular weight excluding hydrogens is 844 g/mol. The minimum atomic E-state index is -4.71. The number of carbonyl (C=O) groups is 2. The molecule has 1 N–H and O–H groups in total. The molecule has 0 fully saturated rings. The van der Waals surface area contributed by atoms with Crippen LogP contribution in [0.15, 0.2) is 85.1 Å². The lowest BCUT2D eigenvalue weighted by molar-refractivity contribution is -0.870. The number of unbranched alkanes of at least 4 members (excludes halogenated alkanes) is 18. The van der Waals surface area contributed by atoms with Gasteiger partial charge >= 0.3 is 5.97 Å². The van der Waals surface area contributed by atoms with Crippen LogP contribution in [0, 0.1) is 0 Å². The van der Waals surface area contributed by atoms with Crippen LogP contribution in [0.25, 0.3) is 0 Å². The molecule has 0 aromatic carbocycles. The number of phosphoric acid groups is 1. The number of allylic oxidation sites excluding steroid dienone is 13. The van der Waals surface area contributed by atoms with Gasteiger partial charge in [0.2, 0.25) is 5.91 Å². The Morgan fingerprint density at radius 1 is 0.545 bits per heavy atom. The second kappa shape index (κ2) is 45.9. The number of hydrogen-bond donors (Lipinski definition) is 1. The smallest absolute Gasteiger partial charge is 0.306 e. The number of phosphoric ester groups is 1. The number of nitrogens with one attached hydrogen (secondary N) is 1. The number of amides is 1. The van der Waals surface area contributed by atoms with E-state index in [1.165, 1.54) is 64.2 Å². The van der Waals surface area contributed by atoms with Crippen LogP contribution in [0.1, 0.15) is 207 Å². The normalized spacial score (nSPS) is 14.6. The van der Waals surface area contributed by atoms with Gasteiger partial charge in [-0.15, -0.1) is 0 Å². The third kappa shape index (κ3) is 46.3. The van der Waals surface area contributed by atoms with Crippen LogP contribution in [0.2, 0.25) is 0 Å². The van der Waals surface area contributed by atoms with Crippen LogP contribution < -0.4 is 10.2 Å². The van der Waals surface area contributed by atoms with Crippen LogP contribution in [-0.4, -0.2) is 69.4 Å². The summed E-state index contributed by atoms with van der Waals surface area (Å²) >= 11 is 0. The highest BCUT2D eigenvalue weighted by Crippen LogP contribution is 2.38. The zero-order chi connectivity index (χ0) is 48.7. The second-order valence-electron chi connectivity index (χ2n) is 18.6. The molecule has 9 nitrogen and oxygen atoms in total. The minimum absolute atomic E-state index is 0.0362. The molecule has 0 spiro atoms. The van der Waals surface area contributed by atoms with E-state index >= 15 is 0 Å². The highest BCUT2D eigenvalue weighted by Gasteiger charge is 2.27. The summed E-state index contributed by atoms with van der Waals surface area (Å²) < 4.78 is 30.1. The van der Waals surface area contributed by atoms with E-state index in [-0.39, 0.29) is 18.9 Å². The summed E-state index contributed by atoms with van der Waals surface area (Å²) in [4.78, 5) is 39.6. The summed E-state index contributed by atoms with van der Waals surface area (Å²) in [5.74, 6) is -0.628. The van der Waals surface area contributed by atoms with Crippen LogP contribution in [0.5, 0.6) is 0 Å². The molecular formula is C56H99N2O7P. The van der Waals surface area contributed by atoms with E-state index in [2.05, 4.69) is 99.0 Å². The number of hydrogen-bond acceptors (Lipinski definition) is 7. The summed E-state index contributed by atoms with van der Waals surface area (Å²) in [5.41, 5.74) is 0. The number of ether oxygens (including phenoxy) is 1. The van der Waals surface area contributed by atoms with E-state index in [0.29, 0.717) is 23.9 Å². The summed E-state index contributed by atoms with van der Waals surface area (Å²) in [6, 6.07) is -0.917. The molecule has 0 aliphatic rings. The number of esters is 1. The fourth-order valence-corrected chi connectivity index (χ4v) is 7.67. The third-order valence-corrected chi connectivity index (χ3v) is 12.0. The van der Waals surface area contributed by atoms with Crippen molar-refractivity contribution in [1.82, 2.24) is 5.32 Å². The van der Waals surface area contributed by atoms with Gasteiger partial charge in [-0.2, -0.15) is 0 Å². The molecule has 0 bridgehead atoms. The molecule has 66 heavy (non-hydrogen) atoms. The zero-order valence-electron chi connectivity index (χ0n) is 43.1. The van der Waals surface area contributed by atoms with E-state index in [0.717, 1.165) is 103 Å². The predicted octanol–water partition coefficient (Wildman–Crippen LogP) is 14.9. The first kappa shape index (κ1) is 63.2. The Hall–Kier alpha value is -2.81. The van der Waals surface area contributed by atoms with Gasteiger partial charge in [0.1, 0.15) is 19.3 Å². The van der Waals surface area contributed by atoms with Gasteiger partial charge in [-0.3, -0.25) is 14.2 Å². The molecule has 3 unspecified atom stereocenters. The molecule has 0 aliphatic carbocycles. The van der Waals surface area contributed by atoms with Gasteiger partial charge < -0.3 is 28.5 Å². The Bertz CT molecular complexity index is 1410. The number of rotatable bonds is 46. The molecule has 0 saturated carbocycles. The molecule has 0 aromatic heterocycles. The zero-order valence-corrected chi connectivity index (χ0v) is 44.0. The first-order valence-electron chi connectivity index (χ1n) is 26.4. The van der Waals surface area contributed by atoms with Crippen molar-refractivity contribution in [3.63, 3.8) is 0 Å². The van der Waals surface area contributed by atoms with Crippen molar-refractivity contribution in [2.45, 2.75) is 219 Å². The van der Waals surface area contributed by atoms with Crippen LogP contribution >= 0.6 is 7.82 Å². The maximum atomic E-state index is 13.4. The van der Waals surface area contributed by atoms with Gasteiger partial charge in [-0.05, 0) is 89.5 Å². The highest BCUT2D eigenvalue weighted by molar-refractivity contribution is 7.45. The maximum Gasteiger partial charge on any atom is 0.306 e. The van der Waals surface area contributed by atoms with Gasteiger partial charge in [0.15, 0.2) is 0 Å². The maximum absolute atomic E-state index is 13.4. The number of nitrogens with zero attached hydrogens (tertiary/aromatic N) is 1. The predicted molar refractivity (Wildman–Crippen MR) is 279 cm³/mol. The fraction of sp³-hybridized carbons (Fsp3) is 0.714. The molecule has 0 heterocycles. The summed E-state index contributed by atoms with van der Waals surface area (Å²) in [7, 11) is 1.14. The average Bonchev–Trinajstić information content (AvgIpc) is 3.27. The van der Waals surface area contributed by atoms with Crippen LogP contribution in [0.4, 0.5) is 0 Å². The molecule has 0 rings (SSSR count). The molecule has 1 amide bonds. The molecule has 0 aromatic rings. The van der Waals surface area contributed by atoms with E-state index in [9.17, 15) is 19.0 Å². The van der Waals surface area contributed by atoms with Crippen molar-refractivity contribution in [1.29, 1.82) is 0 Å². The molecule has 0 saturated heterocycles. The summed E-state index contributed by atoms with van der Waals surface area (Å²) in [6.45, 7) is 6.61. The Morgan fingerprint density at radius 3 is 1.55 bits per heavy atom. The SMILES string of the molecule is CC/C=C\C/C=C\C/C=C\C/C=C\C/C=C\CCCC(=O)OC(/C=C\CCCCCCCCCCCC)C(COP(=O)([O-])OCC[N+](C)(C)C)NC(=O)CCCCCCC/C=C\CCCC. The van der Waals surface area contributed by atoms with Gasteiger partial charge in [-0.1, -0.05) is 190 Å². The highest BCUT2D eigenvalue weighted by atomic mass is 31.2. The first-order valence-corrected chi connectivity index (χ1v) is 27.9. The lowest BCUT2D eigenvalue weighted by Crippen LogP contribution is -2.47. The van der Waals surface area contributed by atoms with Gasteiger partial charge in [0.25, 0.3) is 7.82 Å². The quantitative estimate of drug-likeness (QED) is 0.0212. The minimum Gasteiger partial charge on any atom is -0.756 e. The van der Waals surface area contributed by atoms with Gasteiger partial charge in [-0.25, -0.2) is 0 Å². The molecule has 3 atom stereocenters. The van der Waals surface area contributed by atoms with Crippen molar-refractivity contribution in [2.75, 3.05) is 40.9 Å². The van der Waals surface area contributed by atoms with Crippen molar-refractivity contribution >= 4 is 19.7 Å². The Labute approximate surface area is 406 Å².